The number of nitrogens with two attached hydrogens (primary N) is 2. The van der Waals surface area contributed by atoms with Gasteiger partial charge in [0.2, 0.25) is 23.6 Å². The number of hydrogen-bond acceptors (Lipinski definition) is 13. The fourth-order valence-electron chi connectivity index (χ4n) is 5.41. The number of amides is 4. The fraction of sp³-hybridized carbons (Fsp3) is 0.846. The molecule has 0 rings (SSSR count). The Bertz CT molecular complexity index is 1060. The number of hydrogen-bond donors (Lipinski definition) is 7. The Morgan fingerprint density at radius 1 is 0.632 bits per heavy atom. The molecule has 0 spiro atoms. The van der Waals surface area contributed by atoms with Crippen LogP contribution in [-0.4, -0.2) is 113 Å². The molecule has 0 fully saturated rings. The third-order valence-corrected chi connectivity index (χ3v) is 9.92. The smallest absolute Gasteiger partial charge is 0.246 e. The normalized spacial score (nSPS) is 12.4. The minimum atomic E-state index is -0.523. The highest BCUT2D eigenvalue weighted by Gasteiger charge is 2.17. The molecule has 0 aromatic heterocycles. The molecule has 0 saturated carbocycles. The van der Waals surface area contributed by atoms with E-state index in [2.05, 4.69) is 31.2 Å². The number of carbonyl (C=O) groups is 5. The van der Waals surface area contributed by atoms with E-state index in [0.717, 1.165) is 38.4 Å². The van der Waals surface area contributed by atoms with E-state index in [1.165, 1.54) is 76.2 Å². The minimum absolute atomic E-state index is 0.0487. The highest BCUT2D eigenvalue weighted by atomic mass is 32.2. The monoisotopic (exact) mass is 833 g/mol. The largest absolute Gasteiger partial charge is 0.377 e. The quantitative estimate of drug-likeness (QED) is 0.00892. The molecule has 0 aliphatic rings. The Hall–Kier alpha value is -3.03. The molecule has 17 nitrogen and oxygen atoms in total. The van der Waals surface area contributed by atoms with Crippen molar-refractivity contribution in [2.24, 2.45) is 22.7 Å². The molecule has 18 heteroatoms. The SMILES string of the molecule is CC[C@H](C)[C@@H](C=O)NC(=O)COCCOCCNC(=O)COCCOCCNC(=O)CCCSNC(=O)CCCCCCCCCCCCCCC/C(=N/N)NN. The van der Waals surface area contributed by atoms with Gasteiger partial charge in [-0.05, 0) is 25.2 Å². The second-order valence-electron chi connectivity index (χ2n) is 13.9. The first-order valence-corrected chi connectivity index (χ1v) is 22.0. The van der Waals surface area contributed by atoms with Crippen LogP contribution < -0.4 is 37.8 Å². The number of unbranched alkanes of at least 4 members (excludes halogenated alkanes) is 12. The van der Waals surface area contributed by atoms with Crippen LogP contribution in [0.4, 0.5) is 0 Å². The number of aldehydes is 1. The summed E-state index contributed by atoms with van der Waals surface area (Å²) >= 11 is 1.35. The zero-order chi connectivity index (χ0) is 42.0. The lowest BCUT2D eigenvalue weighted by atomic mass is 10.0. The standard InChI is InChI=1S/C39H76N8O9S/c1-3-33(2)34(30-48)44-39(52)32-56-28-26-54-24-22-43-38(51)31-55-27-25-53-23-21-42-36(49)20-17-29-57-47-37(50)19-16-14-12-10-8-6-4-5-7-9-11-13-15-18-35(45-40)46-41/h30,33-34H,3-29,31-32,40-41H2,1-2H3,(H,42,49)(H,43,51)(H,44,52)(H,45,46)(H,47,50)/t33-,34+/m0/s1. The molecule has 0 unspecified atom stereocenters. The van der Waals surface area contributed by atoms with Crippen molar-refractivity contribution in [3.8, 4) is 0 Å². The van der Waals surface area contributed by atoms with Crippen molar-refractivity contribution >= 4 is 47.7 Å². The van der Waals surface area contributed by atoms with Crippen LogP contribution in [0.2, 0.25) is 0 Å². The second-order valence-corrected chi connectivity index (χ2v) is 14.8. The van der Waals surface area contributed by atoms with E-state index in [0.29, 0.717) is 57.2 Å². The van der Waals surface area contributed by atoms with E-state index in [9.17, 15) is 24.0 Å². The summed E-state index contributed by atoms with van der Waals surface area (Å²) in [6.07, 6.45) is 19.5. The van der Waals surface area contributed by atoms with Gasteiger partial charge in [-0.1, -0.05) is 103 Å². The molecule has 0 saturated heterocycles. The van der Waals surface area contributed by atoms with Crippen molar-refractivity contribution in [3.63, 3.8) is 0 Å². The first-order valence-electron chi connectivity index (χ1n) is 21.0. The van der Waals surface area contributed by atoms with E-state index < -0.39 is 6.04 Å². The number of rotatable bonds is 41. The molecule has 0 heterocycles. The summed E-state index contributed by atoms with van der Waals surface area (Å²) in [6, 6.07) is -0.523. The van der Waals surface area contributed by atoms with Gasteiger partial charge < -0.3 is 55.7 Å². The van der Waals surface area contributed by atoms with Gasteiger partial charge in [0.15, 0.2) is 0 Å². The Morgan fingerprint density at radius 3 is 1.61 bits per heavy atom. The molecule has 2 atom stereocenters. The van der Waals surface area contributed by atoms with E-state index in [1.807, 2.05) is 13.8 Å². The number of hydrazone groups is 1. The highest BCUT2D eigenvalue weighted by Crippen LogP contribution is 2.14. The Morgan fingerprint density at radius 2 is 1.11 bits per heavy atom. The van der Waals surface area contributed by atoms with Gasteiger partial charge in [0.05, 0.1) is 45.7 Å². The lowest BCUT2D eigenvalue weighted by Gasteiger charge is -2.18. The zero-order valence-electron chi connectivity index (χ0n) is 34.9. The molecule has 0 aliphatic heterocycles. The molecule has 0 aliphatic carbocycles. The molecular weight excluding hydrogens is 757 g/mol. The van der Waals surface area contributed by atoms with Crippen molar-refractivity contribution in [2.75, 3.05) is 71.7 Å². The zero-order valence-corrected chi connectivity index (χ0v) is 35.7. The van der Waals surface area contributed by atoms with Crippen LogP contribution in [0, 0.1) is 5.92 Å². The molecule has 4 amide bonds. The van der Waals surface area contributed by atoms with Crippen LogP contribution in [0.15, 0.2) is 5.10 Å². The van der Waals surface area contributed by atoms with Crippen molar-refractivity contribution in [2.45, 2.75) is 135 Å². The summed E-state index contributed by atoms with van der Waals surface area (Å²) in [5.41, 5.74) is 2.52. The maximum atomic E-state index is 12.1. The van der Waals surface area contributed by atoms with E-state index >= 15 is 0 Å². The van der Waals surface area contributed by atoms with Gasteiger partial charge >= 0.3 is 0 Å². The van der Waals surface area contributed by atoms with Gasteiger partial charge in [0, 0.05) is 38.1 Å². The lowest BCUT2D eigenvalue weighted by molar-refractivity contribution is -0.129. The van der Waals surface area contributed by atoms with Crippen LogP contribution >= 0.6 is 11.9 Å². The van der Waals surface area contributed by atoms with Crippen LogP contribution in [0.3, 0.4) is 0 Å². The van der Waals surface area contributed by atoms with Crippen molar-refractivity contribution in [1.82, 2.24) is 26.1 Å². The van der Waals surface area contributed by atoms with Crippen molar-refractivity contribution < 1.29 is 42.9 Å². The molecule has 0 aromatic rings. The first kappa shape index (κ1) is 54.0. The van der Waals surface area contributed by atoms with Crippen LogP contribution in [-0.2, 0) is 42.9 Å². The lowest BCUT2D eigenvalue weighted by Crippen LogP contribution is -2.42. The Kier molecular flexibility index (Phi) is 39.0. The minimum Gasteiger partial charge on any atom is -0.377 e. The van der Waals surface area contributed by atoms with Crippen molar-refractivity contribution in [3.05, 3.63) is 0 Å². The molecule has 9 N–H and O–H groups in total. The number of carbonyl (C=O) groups excluding carboxylic acids is 5. The van der Waals surface area contributed by atoms with Crippen LogP contribution in [0.25, 0.3) is 0 Å². The van der Waals surface area contributed by atoms with E-state index in [4.69, 9.17) is 30.6 Å². The molecular formula is C39H76N8O9S. The Labute approximate surface area is 345 Å². The summed E-state index contributed by atoms with van der Waals surface area (Å²) in [5.74, 6) is 11.3. The predicted octanol–water partition coefficient (Wildman–Crippen LogP) is 3.15. The van der Waals surface area contributed by atoms with Crippen LogP contribution in [0.1, 0.15) is 129 Å². The van der Waals surface area contributed by atoms with Gasteiger partial charge in [-0.15, -0.1) is 0 Å². The number of ether oxygens (including phenoxy) is 4. The second kappa shape index (κ2) is 41.1. The highest BCUT2D eigenvalue weighted by molar-refractivity contribution is 7.97. The summed E-state index contributed by atoms with van der Waals surface area (Å²) in [5, 5.41) is 11.7. The number of nitrogens with one attached hydrogen (secondary N) is 5. The van der Waals surface area contributed by atoms with Crippen molar-refractivity contribution in [1.29, 1.82) is 0 Å². The maximum Gasteiger partial charge on any atom is 0.246 e. The topological polar surface area (TPSA) is 247 Å². The average molecular weight is 833 g/mol. The van der Waals surface area contributed by atoms with Crippen LogP contribution in [0.5, 0.6) is 0 Å². The van der Waals surface area contributed by atoms with Gasteiger partial charge in [-0.25, -0.2) is 5.84 Å². The van der Waals surface area contributed by atoms with Gasteiger partial charge in [0.1, 0.15) is 25.3 Å². The van der Waals surface area contributed by atoms with E-state index in [-0.39, 0.29) is 69.2 Å². The predicted molar refractivity (Wildman–Crippen MR) is 225 cm³/mol. The number of hydrazine groups is 1. The fourth-order valence-corrected chi connectivity index (χ4v) is 6.06. The summed E-state index contributed by atoms with van der Waals surface area (Å²) in [4.78, 5) is 58.9. The molecule has 0 bridgehead atoms. The summed E-state index contributed by atoms with van der Waals surface area (Å²) in [6.45, 7) is 5.86. The average Bonchev–Trinajstić information content (AvgIpc) is 3.21. The third-order valence-electron chi connectivity index (χ3n) is 9.05. The number of amidine groups is 1. The summed E-state index contributed by atoms with van der Waals surface area (Å²) < 4.78 is 24.2. The molecule has 0 radical (unpaired) electrons. The molecule has 57 heavy (non-hydrogen) atoms. The van der Waals surface area contributed by atoms with Gasteiger partial charge in [-0.2, -0.15) is 5.10 Å². The van der Waals surface area contributed by atoms with E-state index in [1.54, 1.807) is 0 Å². The maximum absolute atomic E-state index is 12.1. The molecule has 0 aromatic carbocycles. The Balaban J connectivity index is 3.43. The third kappa shape index (κ3) is 37.0. The number of nitrogens with zero attached hydrogens (tertiary/aromatic N) is 1. The molecule has 332 valence electrons. The first-order chi connectivity index (χ1) is 27.8. The van der Waals surface area contributed by atoms with Gasteiger partial charge in [0.25, 0.3) is 0 Å². The summed E-state index contributed by atoms with van der Waals surface area (Å²) in [7, 11) is 0. The van der Waals surface area contributed by atoms with Gasteiger partial charge in [-0.3, -0.25) is 19.2 Å².